The van der Waals surface area contributed by atoms with Crippen LogP contribution in [0.3, 0.4) is 0 Å². The van der Waals surface area contributed by atoms with Crippen molar-refractivity contribution in [3.05, 3.63) is 35.9 Å². The summed E-state index contributed by atoms with van der Waals surface area (Å²) in [6.45, 7) is 11.8. The van der Waals surface area contributed by atoms with Crippen LogP contribution in [0.5, 0.6) is 0 Å². The largest absolute Gasteiger partial charge is 0.378 e. The third-order valence-corrected chi connectivity index (χ3v) is 7.85. The van der Waals surface area contributed by atoms with Crippen LogP contribution >= 0.6 is 0 Å². The second kappa shape index (κ2) is 6.07. The zero-order valence-corrected chi connectivity index (χ0v) is 15.7. The Bertz CT molecular complexity index is 612. The fourth-order valence-corrected chi connectivity index (χ4v) is 6.71. The summed E-state index contributed by atoms with van der Waals surface area (Å²) in [5.41, 5.74) is 1.90. The molecule has 136 valence electrons. The van der Waals surface area contributed by atoms with E-state index >= 15 is 0 Å². The average molecular weight is 341 g/mol. The fraction of sp³-hybridized carbons (Fsp3) is 0.727. The Morgan fingerprint density at radius 1 is 1.08 bits per heavy atom. The van der Waals surface area contributed by atoms with Crippen LogP contribution in [0.25, 0.3) is 0 Å². The molecule has 0 amide bonds. The molecule has 25 heavy (non-hydrogen) atoms. The van der Waals surface area contributed by atoms with E-state index in [1.807, 2.05) is 0 Å². The predicted octanol–water partition coefficient (Wildman–Crippen LogP) is 3.25. The van der Waals surface area contributed by atoms with Gasteiger partial charge < -0.3 is 4.74 Å². The molecule has 5 rings (SSSR count). The predicted molar refractivity (Wildman–Crippen MR) is 100 cm³/mol. The van der Waals surface area contributed by atoms with Crippen LogP contribution in [-0.4, -0.2) is 54.2 Å². The van der Waals surface area contributed by atoms with Crippen LogP contribution in [-0.2, 0) is 11.3 Å². The van der Waals surface area contributed by atoms with Gasteiger partial charge in [-0.15, -0.1) is 0 Å². The summed E-state index contributed by atoms with van der Waals surface area (Å²) in [7, 11) is 0. The van der Waals surface area contributed by atoms with E-state index in [0.29, 0.717) is 11.6 Å². The minimum atomic E-state index is 0.423. The molecule has 0 N–H and O–H groups in total. The fourth-order valence-electron chi connectivity index (χ4n) is 6.71. The quantitative estimate of drug-likeness (QED) is 0.840. The van der Waals surface area contributed by atoms with Crippen LogP contribution in [0, 0.1) is 23.7 Å². The minimum Gasteiger partial charge on any atom is -0.378 e. The molecule has 2 saturated heterocycles. The maximum absolute atomic E-state index is 6.10. The Kier molecular flexibility index (Phi) is 3.96. The van der Waals surface area contributed by atoms with Gasteiger partial charge in [0.1, 0.15) is 0 Å². The summed E-state index contributed by atoms with van der Waals surface area (Å²) >= 11 is 0. The molecule has 2 saturated carbocycles. The van der Waals surface area contributed by atoms with Gasteiger partial charge in [0.15, 0.2) is 0 Å². The summed E-state index contributed by atoms with van der Waals surface area (Å²) in [5, 5.41) is 0. The number of fused-ring (bicyclic) bond motifs is 1. The summed E-state index contributed by atoms with van der Waals surface area (Å²) in [6.07, 6.45) is 2.98. The molecule has 0 bridgehead atoms. The maximum atomic E-state index is 6.10. The lowest BCUT2D eigenvalue weighted by Gasteiger charge is -2.58. The van der Waals surface area contributed by atoms with Gasteiger partial charge in [-0.3, -0.25) is 9.80 Å². The van der Waals surface area contributed by atoms with Crippen LogP contribution < -0.4 is 0 Å². The zero-order valence-electron chi connectivity index (χ0n) is 15.7. The van der Waals surface area contributed by atoms with Crippen molar-refractivity contribution in [2.75, 3.05) is 32.8 Å². The SMILES string of the molecule is CC1[C@H]2C3CCO[C@@H](C)C[C@]1(N1CCN(Cc4ccccc4)CC1)C32. The zero-order chi connectivity index (χ0) is 17.0. The van der Waals surface area contributed by atoms with Gasteiger partial charge >= 0.3 is 0 Å². The summed E-state index contributed by atoms with van der Waals surface area (Å²) in [5.74, 6) is 3.82. The number of hydrogen-bond donors (Lipinski definition) is 0. The summed E-state index contributed by atoms with van der Waals surface area (Å²) in [6, 6.07) is 10.9. The van der Waals surface area contributed by atoms with Crippen molar-refractivity contribution in [3.63, 3.8) is 0 Å². The molecule has 0 radical (unpaired) electrons. The first-order chi connectivity index (χ1) is 12.2. The van der Waals surface area contributed by atoms with Gasteiger partial charge in [0.2, 0.25) is 0 Å². The highest BCUT2D eigenvalue weighted by molar-refractivity contribution is 5.27. The van der Waals surface area contributed by atoms with E-state index in [-0.39, 0.29) is 0 Å². The molecule has 0 aromatic heterocycles. The first-order valence-electron chi connectivity index (χ1n) is 10.3. The Hall–Kier alpha value is -0.900. The van der Waals surface area contributed by atoms with Gasteiger partial charge in [-0.1, -0.05) is 37.3 Å². The van der Waals surface area contributed by atoms with E-state index in [1.165, 1.54) is 44.6 Å². The molecule has 3 heteroatoms. The van der Waals surface area contributed by atoms with Gasteiger partial charge in [0.05, 0.1) is 6.10 Å². The van der Waals surface area contributed by atoms with Gasteiger partial charge in [-0.2, -0.15) is 0 Å². The van der Waals surface area contributed by atoms with Crippen molar-refractivity contribution in [3.8, 4) is 0 Å². The van der Waals surface area contributed by atoms with E-state index in [1.54, 1.807) is 0 Å². The van der Waals surface area contributed by atoms with Gasteiger partial charge in [0, 0.05) is 44.9 Å². The third kappa shape index (κ3) is 2.50. The van der Waals surface area contributed by atoms with Crippen LogP contribution in [0.4, 0.5) is 0 Å². The Labute approximate surface area is 152 Å². The van der Waals surface area contributed by atoms with Gasteiger partial charge in [-0.05, 0) is 49.0 Å². The van der Waals surface area contributed by atoms with E-state index in [0.717, 1.165) is 36.8 Å². The Balaban J connectivity index is 1.27. The monoisotopic (exact) mass is 340 g/mol. The first kappa shape index (κ1) is 16.3. The van der Waals surface area contributed by atoms with Crippen LogP contribution in [0.2, 0.25) is 0 Å². The smallest absolute Gasteiger partial charge is 0.0564 e. The molecule has 2 aliphatic heterocycles. The van der Waals surface area contributed by atoms with Crippen LogP contribution in [0.1, 0.15) is 32.3 Å². The molecule has 4 fully saturated rings. The molecule has 3 unspecified atom stereocenters. The van der Waals surface area contributed by atoms with E-state index in [4.69, 9.17) is 4.74 Å². The normalized spacial score (nSPS) is 44.3. The molecular formula is C22H32N2O. The number of rotatable bonds is 3. The van der Waals surface area contributed by atoms with Gasteiger partial charge in [-0.25, -0.2) is 0 Å². The molecule has 2 aliphatic carbocycles. The summed E-state index contributed by atoms with van der Waals surface area (Å²) < 4.78 is 6.10. The molecule has 1 aromatic carbocycles. The Morgan fingerprint density at radius 3 is 2.60 bits per heavy atom. The average Bonchev–Trinajstić information content (AvgIpc) is 3.29. The maximum Gasteiger partial charge on any atom is 0.0564 e. The second-order valence-electron chi connectivity index (χ2n) is 8.97. The van der Waals surface area contributed by atoms with Crippen molar-refractivity contribution < 1.29 is 4.74 Å². The van der Waals surface area contributed by atoms with Gasteiger partial charge in [0.25, 0.3) is 0 Å². The standard InChI is InChI=1S/C22H32N2O/c1-16-14-22(17(2)20-19(21(20)22)8-13-25-16)24-11-9-23(10-12-24)15-18-6-4-3-5-7-18/h3-7,16-17,19-21H,8-15H2,1-2H3/t16-,17?,19?,20-,21?,22+/m0/s1. The molecular weight excluding hydrogens is 308 g/mol. The summed E-state index contributed by atoms with van der Waals surface area (Å²) in [4.78, 5) is 5.52. The topological polar surface area (TPSA) is 15.7 Å². The lowest BCUT2D eigenvalue weighted by Crippen LogP contribution is -2.66. The molecule has 4 aliphatic rings. The van der Waals surface area contributed by atoms with E-state index in [2.05, 4.69) is 54.0 Å². The highest BCUT2D eigenvalue weighted by Gasteiger charge is 2.76. The number of nitrogens with zero attached hydrogens (tertiary/aromatic N) is 2. The van der Waals surface area contributed by atoms with Crippen LogP contribution in [0.15, 0.2) is 30.3 Å². The number of piperazine rings is 1. The minimum absolute atomic E-state index is 0.423. The molecule has 2 heterocycles. The van der Waals surface area contributed by atoms with Crippen molar-refractivity contribution in [1.82, 2.24) is 9.80 Å². The Morgan fingerprint density at radius 2 is 1.84 bits per heavy atom. The van der Waals surface area contributed by atoms with Crippen molar-refractivity contribution in [2.45, 2.75) is 44.9 Å². The lowest BCUT2D eigenvalue weighted by atomic mass is 9.63. The van der Waals surface area contributed by atoms with Crippen molar-refractivity contribution >= 4 is 0 Å². The highest BCUT2D eigenvalue weighted by atomic mass is 16.5. The third-order valence-electron chi connectivity index (χ3n) is 7.85. The number of ether oxygens (including phenoxy) is 1. The second-order valence-corrected chi connectivity index (χ2v) is 8.97. The molecule has 0 spiro atoms. The molecule has 3 nitrogen and oxygen atoms in total. The van der Waals surface area contributed by atoms with E-state index < -0.39 is 0 Å². The van der Waals surface area contributed by atoms with E-state index in [9.17, 15) is 0 Å². The first-order valence-corrected chi connectivity index (χ1v) is 10.3. The lowest BCUT2D eigenvalue weighted by molar-refractivity contribution is -0.107. The highest BCUT2D eigenvalue weighted by Crippen LogP contribution is 2.74. The van der Waals surface area contributed by atoms with Crippen molar-refractivity contribution in [1.29, 1.82) is 0 Å². The molecule has 6 atom stereocenters. The van der Waals surface area contributed by atoms with Crippen molar-refractivity contribution in [2.24, 2.45) is 23.7 Å². The number of hydrogen-bond acceptors (Lipinski definition) is 3. The molecule has 1 aromatic rings. The number of benzene rings is 1.